The summed E-state index contributed by atoms with van der Waals surface area (Å²) in [4.78, 5) is 0. The van der Waals surface area contributed by atoms with Crippen molar-refractivity contribution in [2.45, 2.75) is 32.4 Å². The maximum Gasteiger partial charge on any atom is 0.138 e. The number of halogens is 1. The van der Waals surface area contributed by atoms with Crippen LogP contribution in [0, 0.1) is 6.92 Å². The molecule has 3 nitrogen and oxygen atoms in total. The standard InChI is InChI=1S/C12H18ClNO2/c1-3-10(14)12(7-15)16-11-5-4-8(2)6-9(11)13/h4-6,10,12,15H,3,7,14H2,1-2H3. The lowest BCUT2D eigenvalue weighted by molar-refractivity contribution is 0.0933. The van der Waals surface area contributed by atoms with Crippen molar-refractivity contribution in [2.24, 2.45) is 5.73 Å². The lowest BCUT2D eigenvalue weighted by Crippen LogP contribution is -2.41. The summed E-state index contributed by atoms with van der Waals surface area (Å²) < 4.78 is 5.60. The van der Waals surface area contributed by atoms with E-state index in [1.54, 1.807) is 6.07 Å². The summed E-state index contributed by atoms with van der Waals surface area (Å²) in [5.74, 6) is 0.565. The summed E-state index contributed by atoms with van der Waals surface area (Å²) in [6, 6.07) is 5.33. The minimum atomic E-state index is -0.412. The summed E-state index contributed by atoms with van der Waals surface area (Å²) in [6.45, 7) is 3.80. The molecular formula is C12H18ClNO2. The van der Waals surface area contributed by atoms with Gasteiger partial charge in [0.2, 0.25) is 0 Å². The van der Waals surface area contributed by atoms with E-state index in [1.807, 2.05) is 26.0 Å². The first-order chi connectivity index (χ1) is 7.58. The molecule has 0 saturated heterocycles. The molecule has 90 valence electrons. The van der Waals surface area contributed by atoms with E-state index in [0.717, 1.165) is 12.0 Å². The second kappa shape index (κ2) is 6.09. The first-order valence-corrected chi connectivity index (χ1v) is 5.75. The summed E-state index contributed by atoms with van der Waals surface area (Å²) >= 11 is 6.03. The van der Waals surface area contributed by atoms with Crippen LogP contribution in [0.2, 0.25) is 5.02 Å². The van der Waals surface area contributed by atoms with Crippen molar-refractivity contribution in [3.05, 3.63) is 28.8 Å². The maximum atomic E-state index is 9.19. The molecule has 0 aliphatic carbocycles. The quantitative estimate of drug-likeness (QED) is 0.833. The number of aliphatic hydroxyl groups excluding tert-OH is 1. The topological polar surface area (TPSA) is 55.5 Å². The van der Waals surface area contributed by atoms with Gasteiger partial charge in [0.25, 0.3) is 0 Å². The minimum Gasteiger partial charge on any atom is -0.485 e. The van der Waals surface area contributed by atoms with Crippen LogP contribution in [0.5, 0.6) is 5.75 Å². The molecule has 0 aliphatic rings. The number of aliphatic hydroxyl groups is 1. The number of ether oxygens (including phenoxy) is 1. The van der Waals surface area contributed by atoms with E-state index in [4.69, 9.17) is 22.1 Å². The van der Waals surface area contributed by atoms with Gasteiger partial charge in [0.1, 0.15) is 11.9 Å². The van der Waals surface area contributed by atoms with E-state index in [-0.39, 0.29) is 12.6 Å². The van der Waals surface area contributed by atoms with Crippen LogP contribution in [0.4, 0.5) is 0 Å². The number of rotatable bonds is 5. The number of benzene rings is 1. The Balaban J connectivity index is 2.78. The molecule has 0 saturated carbocycles. The Morgan fingerprint density at radius 1 is 1.50 bits per heavy atom. The van der Waals surface area contributed by atoms with Gasteiger partial charge in [-0.2, -0.15) is 0 Å². The van der Waals surface area contributed by atoms with Crippen LogP contribution in [0.15, 0.2) is 18.2 Å². The second-order valence-electron chi connectivity index (χ2n) is 3.84. The molecular weight excluding hydrogens is 226 g/mol. The van der Waals surface area contributed by atoms with Crippen LogP contribution in [-0.2, 0) is 0 Å². The molecule has 0 heterocycles. The van der Waals surface area contributed by atoms with Crippen molar-refractivity contribution in [2.75, 3.05) is 6.61 Å². The second-order valence-corrected chi connectivity index (χ2v) is 4.25. The maximum absolute atomic E-state index is 9.19. The van der Waals surface area contributed by atoms with Crippen molar-refractivity contribution in [1.82, 2.24) is 0 Å². The lowest BCUT2D eigenvalue weighted by atomic mass is 10.1. The molecule has 0 bridgehead atoms. The fraction of sp³-hybridized carbons (Fsp3) is 0.500. The van der Waals surface area contributed by atoms with Gasteiger partial charge in [0.15, 0.2) is 0 Å². The van der Waals surface area contributed by atoms with E-state index in [1.165, 1.54) is 0 Å². The lowest BCUT2D eigenvalue weighted by Gasteiger charge is -2.22. The van der Waals surface area contributed by atoms with Crippen molar-refractivity contribution in [1.29, 1.82) is 0 Å². The highest BCUT2D eigenvalue weighted by atomic mass is 35.5. The zero-order chi connectivity index (χ0) is 12.1. The van der Waals surface area contributed by atoms with Gasteiger partial charge in [-0.25, -0.2) is 0 Å². The molecule has 0 aromatic heterocycles. The third-order valence-electron chi connectivity index (χ3n) is 2.49. The molecule has 0 radical (unpaired) electrons. The van der Waals surface area contributed by atoms with Gasteiger partial charge in [-0.15, -0.1) is 0 Å². The first-order valence-electron chi connectivity index (χ1n) is 5.37. The van der Waals surface area contributed by atoms with Gasteiger partial charge < -0.3 is 15.6 Å². The van der Waals surface area contributed by atoms with Gasteiger partial charge in [-0.3, -0.25) is 0 Å². The third kappa shape index (κ3) is 3.37. The summed E-state index contributed by atoms with van der Waals surface area (Å²) in [7, 11) is 0. The van der Waals surface area contributed by atoms with Gasteiger partial charge in [0.05, 0.1) is 11.6 Å². The molecule has 3 N–H and O–H groups in total. The molecule has 2 unspecified atom stereocenters. The Morgan fingerprint density at radius 2 is 2.19 bits per heavy atom. The summed E-state index contributed by atoms with van der Waals surface area (Å²) in [6.07, 6.45) is 0.333. The van der Waals surface area contributed by atoms with E-state index in [9.17, 15) is 5.11 Å². The van der Waals surface area contributed by atoms with Crippen molar-refractivity contribution in [3.63, 3.8) is 0 Å². The molecule has 0 aliphatic heterocycles. The number of nitrogens with two attached hydrogens (primary N) is 1. The SMILES string of the molecule is CCC(N)C(CO)Oc1ccc(C)cc1Cl. The van der Waals surface area contributed by atoms with E-state index >= 15 is 0 Å². The monoisotopic (exact) mass is 243 g/mol. The Hall–Kier alpha value is -0.770. The van der Waals surface area contributed by atoms with Crippen molar-refractivity contribution < 1.29 is 9.84 Å². The van der Waals surface area contributed by atoms with Gasteiger partial charge >= 0.3 is 0 Å². The molecule has 4 heteroatoms. The number of hydrogen-bond donors (Lipinski definition) is 2. The number of aryl methyl sites for hydroxylation is 1. The average molecular weight is 244 g/mol. The first kappa shape index (κ1) is 13.3. The Morgan fingerprint density at radius 3 is 2.69 bits per heavy atom. The van der Waals surface area contributed by atoms with Crippen LogP contribution in [0.25, 0.3) is 0 Å². The predicted molar refractivity (Wildman–Crippen MR) is 66.0 cm³/mol. The fourth-order valence-electron chi connectivity index (χ4n) is 1.39. The Bertz CT molecular complexity index is 344. The summed E-state index contributed by atoms with van der Waals surface area (Å²) in [5, 5.41) is 9.73. The highest BCUT2D eigenvalue weighted by molar-refractivity contribution is 6.32. The molecule has 1 aromatic rings. The predicted octanol–water partition coefficient (Wildman–Crippen LogP) is 2.13. The highest BCUT2D eigenvalue weighted by Crippen LogP contribution is 2.26. The van der Waals surface area contributed by atoms with Gasteiger partial charge in [-0.05, 0) is 31.0 Å². The molecule has 1 aromatic carbocycles. The third-order valence-corrected chi connectivity index (χ3v) is 2.79. The van der Waals surface area contributed by atoms with Crippen LogP contribution in [0.3, 0.4) is 0 Å². The van der Waals surface area contributed by atoms with Crippen LogP contribution >= 0.6 is 11.6 Å². The van der Waals surface area contributed by atoms with Gasteiger partial charge in [-0.1, -0.05) is 24.6 Å². The highest BCUT2D eigenvalue weighted by Gasteiger charge is 2.18. The normalized spacial score (nSPS) is 14.6. The van der Waals surface area contributed by atoms with Crippen molar-refractivity contribution >= 4 is 11.6 Å². The van der Waals surface area contributed by atoms with E-state index in [0.29, 0.717) is 10.8 Å². The smallest absolute Gasteiger partial charge is 0.138 e. The number of hydrogen-bond acceptors (Lipinski definition) is 3. The zero-order valence-electron chi connectivity index (χ0n) is 9.61. The van der Waals surface area contributed by atoms with Crippen LogP contribution in [-0.4, -0.2) is 23.9 Å². The summed E-state index contributed by atoms with van der Waals surface area (Å²) in [5.41, 5.74) is 6.89. The molecule has 0 amide bonds. The van der Waals surface area contributed by atoms with Crippen molar-refractivity contribution in [3.8, 4) is 5.75 Å². The fourth-order valence-corrected chi connectivity index (χ4v) is 1.67. The zero-order valence-corrected chi connectivity index (χ0v) is 10.4. The van der Waals surface area contributed by atoms with Gasteiger partial charge in [0, 0.05) is 6.04 Å². The van der Waals surface area contributed by atoms with Crippen LogP contribution < -0.4 is 10.5 Å². The molecule has 1 rings (SSSR count). The van der Waals surface area contributed by atoms with E-state index in [2.05, 4.69) is 0 Å². The average Bonchev–Trinajstić information content (AvgIpc) is 2.27. The Labute approximate surface area is 101 Å². The molecule has 16 heavy (non-hydrogen) atoms. The molecule has 0 spiro atoms. The van der Waals surface area contributed by atoms with E-state index < -0.39 is 6.10 Å². The molecule has 0 fully saturated rings. The molecule has 2 atom stereocenters. The van der Waals surface area contributed by atoms with Crippen LogP contribution in [0.1, 0.15) is 18.9 Å². The minimum absolute atomic E-state index is 0.112. The Kier molecular flexibility index (Phi) is 5.06. The largest absolute Gasteiger partial charge is 0.485 e.